The molecule has 1 heterocycles. The minimum absolute atomic E-state index is 0.101. The maximum atomic E-state index is 9.61. The van der Waals surface area contributed by atoms with Gasteiger partial charge in [0.05, 0.1) is 18.0 Å². The predicted octanol–water partition coefficient (Wildman–Crippen LogP) is 3.93. The Kier molecular flexibility index (Phi) is 3.94. The Bertz CT molecular complexity index is 639. The van der Waals surface area contributed by atoms with Gasteiger partial charge in [-0.2, -0.15) is 5.10 Å². The van der Waals surface area contributed by atoms with Crippen molar-refractivity contribution in [1.82, 2.24) is 9.78 Å². The minimum Gasteiger partial charge on any atom is -0.391 e. The van der Waals surface area contributed by atoms with E-state index in [0.717, 1.165) is 22.5 Å². The standard InChI is InChI=1S/C16H21ClN2O/c1-10-6-7-11(2)13(8-10)19-15(17)12(9-20)14(18-19)16(3,4)5/h6-8,20H,9H2,1-5H3. The number of hydrogen-bond donors (Lipinski definition) is 1. The molecule has 0 saturated carbocycles. The zero-order chi connectivity index (χ0) is 15.1. The molecule has 0 aliphatic heterocycles. The maximum absolute atomic E-state index is 9.61. The third kappa shape index (κ3) is 2.60. The predicted molar refractivity (Wildman–Crippen MR) is 82.7 cm³/mol. The Hall–Kier alpha value is -1.32. The fraction of sp³-hybridized carbons (Fsp3) is 0.438. The fourth-order valence-electron chi connectivity index (χ4n) is 2.28. The first-order chi connectivity index (χ1) is 9.25. The van der Waals surface area contributed by atoms with E-state index in [1.807, 2.05) is 13.8 Å². The molecule has 0 fully saturated rings. The number of aliphatic hydroxyl groups excluding tert-OH is 1. The summed E-state index contributed by atoms with van der Waals surface area (Å²) in [5.41, 5.74) is 4.60. The van der Waals surface area contributed by atoms with Crippen LogP contribution in [0.1, 0.15) is 43.2 Å². The van der Waals surface area contributed by atoms with Crippen LogP contribution in [0.2, 0.25) is 5.15 Å². The molecule has 1 N–H and O–H groups in total. The minimum atomic E-state index is -0.162. The smallest absolute Gasteiger partial charge is 0.138 e. The number of halogens is 1. The molecule has 0 radical (unpaired) electrons. The highest BCUT2D eigenvalue weighted by Crippen LogP contribution is 2.32. The van der Waals surface area contributed by atoms with Crippen molar-refractivity contribution in [3.8, 4) is 5.69 Å². The van der Waals surface area contributed by atoms with Gasteiger partial charge in [0.1, 0.15) is 5.15 Å². The van der Waals surface area contributed by atoms with Gasteiger partial charge in [-0.25, -0.2) is 4.68 Å². The Labute approximate surface area is 125 Å². The van der Waals surface area contributed by atoms with Crippen molar-refractivity contribution >= 4 is 11.6 Å². The van der Waals surface area contributed by atoms with Crippen molar-refractivity contribution in [1.29, 1.82) is 0 Å². The second kappa shape index (κ2) is 5.23. The van der Waals surface area contributed by atoms with Crippen LogP contribution in [-0.4, -0.2) is 14.9 Å². The summed E-state index contributed by atoms with van der Waals surface area (Å²) >= 11 is 6.43. The molecule has 108 valence electrons. The van der Waals surface area contributed by atoms with Gasteiger partial charge in [0.15, 0.2) is 0 Å². The molecule has 4 heteroatoms. The number of aliphatic hydroxyl groups is 1. The molecule has 0 bridgehead atoms. The van der Waals surface area contributed by atoms with E-state index in [1.54, 1.807) is 4.68 Å². The lowest BCUT2D eigenvalue weighted by atomic mass is 9.90. The summed E-state index contributed by atoms with van der Waals surface area (Å²) in [6.45, 7) is 10.2. The zero-order valence-electron chi connectivity index (χ0n) is 12.7. The van der Waals surface area contributed by atoms with Gasteiger partial charge in [-0.05, 0) is 31.0 Å². The Morgan fingerprint density at radius 3 is 2.40 bits per heavy atom. The molecule has 0 saturated heterocycles. The van der Waals surface area contributed by atoms with Gasteiger partial charge in [0.25, 0.3) is 0 Å². The van der Waals surface area contributed by atoms with Gasteiger partial charge in [0.2, 0.25) is 0 Å². The van der Waals surface area contributed by atoms with E-state index < -0.39 is 0 Å². The second-order valence-corrected chi connectivity index (χ2v) is 6.59. The SMILES string of the molecule is Cc1ccc(C)c(-n2nc(C(C)(C)C)c(CO)c2Cl)c1. The van der Waals surface area contributed by atoms with Crippen molar-refractivity contribution in [3.63, 3.8) is 0 Å². The van der Waals surface area contributed by atoms with Crippen molar-refractivity contribution in [2.24, 2.45) is 0 Å². The highest BCUT2D eigenvalue weighted by molar-refractivity contribution is 6.30. The monoisotopic (exact) mass is 292 g/mol. The first kappa shape index (κ1) is 15.1. The Balaban J connectivity index is 2.70. The summed E-state index contributed by atoms with van der Waals surface area (Å²) in [5, 5.41) is 14.7. The summed E-state index contributed by atoms with van der Waals surface area (Å²) < 4.78 is 1.73. The third-order valence-corrected chi connectivity index (χ3v) is 3.77. The van der Waals surface area contributed by atoms with Gasteiger partial charge < -0.3 is 5.11 Å². The lowest BCUT2D eigenvalue weighted by Gasteiger charge is -2.16. The van der Waals surface area contributed by atoms with Crippen LogP contribution in [0.15, 0.2) is 18.2 Å². The molecule has 0 spiro atoms. The summed E-state index contributed by atoms with van der Waals surface area (Å²) in [5.74, 6) is 0. The average molecular weight is 293 g/mol. The van der Waals surface area contributed by atoms with Crippen LogP contribution in [0.3, 0.4) is 0 Å². The maximum Gasteiger partial charge on any atom is 0.138 e. The number of hydrogen-bond acceptors (Lipinski definition) is 2. The van der Waals surface area contributed by atoms with Crippen molar-refractivity contribution < 1.29 is 5.11 Å². The van der Waals surface area contributed by atoms with Crippen LogP contribution in [-0.2, 0) is 12.0 Å². The molecular formula is C16H21ClN2O. The van der Waals surface area contributed by atoms with Crippen LogP contribution >= 0.6 is 11.6 Å². The molecule has 2 aromatic rings. The molecule has 0 aliphatic rings. The average Bonchev–Trinajstić information content (AvgIpc) is 2.69. The number of rotatable bonds is 2. The van der Waals surface area contributed by atoms with E-state index in [-0.39, 0.29) is 12.0 Å². The third-order valence-electron chi connectivity index (χ3n) is 3.38. The molecule has 1 aromatic heterocycles. The molecule has 1 aromatic carbocycles. The highest BCUT2D eigenvalue weighted by Gasteiger charge is 2.26. The number of aromatic nitrogens is 2. The van der Waals surface area contributed by atoms with Crippen molar-refractivity contribution in [3.05, 3.63) is 45.7 Å². The molecule has 2 rings (SSSR count). The molecule has 0 aliphatic carbocycles. The zero-order valence-corrected chi connectivity index (χ0v) is 13.4. The van der Waals surface area contributed by atoms with E-state index in [0.29, 0.717) is 10.7 Å². The van der Waals surface area contributed by atoms with E-state index in [4.69, 9.17) is 11.6 Å². The summed E-state index contributed by atoms with van der Waals surface area (Å²) in [4.78, 5) is 0. The summed E-state index contributed by atoms with van der Waals surface area (Å²) in [6.07, 6.45) is 0. The second-order valence-electron chi connectivity index (χ2n) is 6.23. The summed E-state index contributed by atoms with van der Waals surface area (Å²) in [6, 6.07) is 6.17. The number of nitrogens with zero attached hydrogens (tertiary/aromatic N) is 2. The topological polar surface area (TPSA) is 38.0 Å². The first-order valence-electron chi connectivity index (χ1n) is 6.72. The van der Waals surface area contributed by atoms with E-state index in [9.17, 15) is 5.11 Å². The van der Waals surface area contributed by atoms with Crippen LogP contribution in [0, 0.1) is 13.8 Å². The van der Waals surface area contributed by atoms with E-state index in [1.165, 1.54) is 0 Å². The number of aryl methyl sites for hydroxylation is 2. The van der Waals surface area contributed by atoms with Gasteiger partial charge in [-0.1, -0.05) is 44.5 Å². The van der Waals surface area contributed by atoms with Crippen molar-refractivity contribution in [2.45, 2.75) is 46.6 Å². The lowest BCUT2D eigenvalue weighted by Crippen LogP contribution is -2.15. The number of benzene rings is 1. The van der Waals surface area contributed by atoms with E-state index in [2.05, 4.69) is 44.1 Å². The van der Waals surface area contributed by atoms with Gasteiger partial charge in [-0.3, -0.25) is 0 Å². The fourth-order valence-corrected chi connectivity index (χ4v) is 2.56. The van der Waals surface area contributed by atoms with Gasteiger partial charge in [-0.15, -0.1) is 0 Å². The van der Waals surface area contributed by atoms with Gasteiger partial charge in [0, 0.05) is 11.0 Å². The van der Waals surface area contributed by atoms with Crippen molar-refractivity contribution in [2.75, 3.05) is 0 Å². The Morgan fingerprint density at radius 2 is 1.90 bits per heavy atom. The molecule has 0 atom stereocenters. The molecule has 20 heavy (non-hydrogen) atoms. The normalized spacial score (nSPS) is 11.9. The summed E-state index contributed by atoms with van der Waals surface area (Å²) in [7, 11) is 0. The molecule has 3 nitrogen and oxygen atoms in total. The van der Waals surface area contributed by atoms with E-state index >= 15 is 0 Å². The largest absolute Gasteiger partial charge is 0.391 e. The highest BCUT2D eigenvalue weighted by atomic mass is 35.5. The van der Waals surface area contributed by atoms with Crippen LogP contribution in [0.25, 0.3) is 5.69 Å². The van der Waals surface area contributed by atoms with Crippen LogP contribution in [0.4, 0.5) is 0 Å². The quantitative estimate of drug-likeness (QED) is 0.910. The Morgan fingerprint density at radius 1 is 1.25 bits per heavy atom. The lowest BCUT2D eigenvalue weighted by molar-refractivity contribution is 0.278. The van der Waals surface area contributed by atoms with Gasteiger partial charge >= 0.3 is 0 Å². The molecular weight excluding hydrogens is 272 g/mol. The molecule has 0 unspecified atom stereocenters. The first-order valence-corrected chi connectivity index (χ1v) is 7.10. The van der Waals surface area contributed by atoms with Crippen LogP contribution in [0.5, 0.6) is 0 Å². The van der Waals surface area contributed by atoms with Crippen LogP contribution < -0.4 is 0 Å². The molecule has 0 amide bonds.